The molecule has 0 unspecified atom stereocenters. The lowest BCUT2D eigenvalue weighted by Gasteiger charge is -2.18. The van der Waals surface area contributed by atoms with Crippen LogP contribution in [0.5, 0.6) is 0 Å². The van der Waals surface area contributed by atoms with Gasteiger partial charge >= 0.3 is 19.8 Å². The summed E-state index contributed by atoms with van der Waals surface area (Å²) in [4.78, 5) is 42.7. The third kappa shape index (κ3) is 38.8. The van der Waals surface area contributed by atoms with Crippen LogP contribution in [0.2, 0.25) is 0 Å². The zero-order valence-corrected chi connectivity index (χ0v) is 32.9. The second-order valence-corrected chi connectivity index (χ2v) is 14.8. The van der Waals surface area contributed by atoms with E-state index in [1.54, 1.807) is 6.08 Å². The number of hydrogen-bond acceptors (Lipinski definition) is 7. The van der Waals surface area contributed by atoms with Gasteiger partial charge in [-0.05, 0) is 50.9 Å². The molecule has 0 heterocycles. The number of phosphoric acid groups is 1. The Balaban J connectivity index is 4.08. The van der Waals surface area contributed by atoms with Crippen molar-refractivity contribution in [2.45, 2.75) is 168 Å². The Bertz CT molecular complexity index is 1040. The lowest BCUT2D eigenvalue weighted by Crippen LogP contribution is -2.29. The van der Waals surface area contributed by atoms with Crippen LogP contribution in [0.3, 0.4) is 0 Å². The zero-order valence-electron chi connectivity index (χ0n) is 32.0. The van der Waals surface area contributed by atoms with Crippen molar-refractivity contribution in [3.8, 4) is 0 Å². The van der Waals surface area contributed by atoms with E-state index in [0.29, 0.717) is 25.7 Å². The van der Waals surface area contributed by atoms with Gasteiger partial charge in [0.05, 0.1) is 12.7 Å². The highest BCUT2D eigenvalue weighted by Gasteiger charge is 2.22. The largest absolute Gasteiger partial charge is 0.469 e. The van der Waals surface area contributed by atoms with Crippen molar-refractivity contribution in [3.05, 3.63) is 60.8 Å². The summed E-state index contributed by atoms with van der Waals surface area (Å²) in [6.07, 6.45) is 39.0. The highest BCUT2D eigenvalue weighted by atomic mass is 31.2. The van der Waals surface area contributed by atoms with Crippen LogP contribution in [0.15, 0.2) is 60.8 Å². The molecule has 51 heavy (non-hydrogen) atoms. The second kappa shape index (κ2) is 34.8. The number of allylic oxidation sites excluding steroid dienone is 9. The number of phosphoric ester groups is 1. The third-order valence-corrected chi connectivity index (χ3v) is 8.62. The summed E-state index contributed by atoms with van der Waals surface area (Å²) in [5, 5.41) is 9.44. The highest BCUT2D eigenvalue weighted by molar-refractivity contribution is 7.46. The first-order chi connectivity index (χ1) is 24.5. The smallest absolute Gasteiger partial charge is 0.462 e. The summed E-state index contributed by atoms with van der Waals surface area (Å²) < 4.78 is 26.3. The number of carbonyl (C=O) groups is 2. The van der Waals surface area contributed by atoms with E-state index in [-0.39, 0.29) is 25.6 Å². The molecular formula is C41H71O9P. The fraction of sp³-hybridized carbons (Fsp3) is 0.707. The lowest BCUT2D eigenvalue weighted by atomic mass is 10.0. The summed E-state index contributed by atoms with van der Waals surface area (Å²) in [5.74, 6) is -0.166. The van der Waals surface area contributed by atoms with Crippen LogP contribution >= 0.6 is 7.82 Å². The van der Waals surface area contributed by atoms with E-state index in [0.717, 1.165) is 44.4 Å². The van der Waals surface area contributed by atoms with Crippen molar-refractivity contribution >= 4 is 19.8 Å². The van der Waals surface area contributed by atoms with Crippen LogP contribution in [0.1, 0.15) is 156 Å². The Morgan fingerprint density at radius 3 is 1.71 bits per heavy atom. The van der Waals surface area contributed by atoms with Gasteiger partial charge in [-0.2, -0.15) is 0 Å². The van der Waals surface area contributed by atoms with Gasteiger partial charge in [0.2, 0.25) is 0 Å². The van der Waals surface area contributed by atoms with E-state index in [4.69, 9.17) is 19.3 Å². The topological polar surface area (TPSA) is 140 Å². The minimum atomic E-state index is -4.77. The van der Waals surface area contributed by atoms with Crippen molar-refractivity contribution in [2.75, 3.05) is 13.2 Å². The molecule has 10 heteroatoms. The summed E-state index contributed by atoms with van der Waals surface area (Å²) in [5.41, 5.74) is 0. The van der Waals surface area contributed by atoms with Crippen molar-refractivity contribution in [1.82, 2.24) is 0 Å². The molecule has 0 aliphatic heterocycles. The number of aliphatic hydroxyl groups is 1. The first kappa shape index (κ1) is 48.7. The number of rotatable bonds is 34. The molecular weight excluding hydrogens is 667 g/mol. The monoisotopic (exact) mass is 738 g/mol. The fourth-order valence-corrected chi connectivity index (χ4v) is 5.43. The molecule has 0 spiro atoms. The van der Waals surface area contributed by atoms with Crippen LogP contribution in [-0.4, -0.2) is 52.3 Å². The predicted octanol–water partition coefficient (Wildman–Crippen LogP) is 10.6. The summed E-state index contributed by atoms with van der Waals surface area (Å²) in [6, 6.07) is 0. The van der Waals surface area contributed by atoms with Gasteiger partial charge in [0.1, 0.15) is 6.61 Å². The molecule has 0 saturated heterocycles. The maximum absolute atomic E-state index is 12.4. The molecule has 0 aromatic heterocycles. The average Bonchev–Trinajstić information content (AvgIpc) is 3.08. The molecule has 0 saturated carbocycles. The van der Waals surface area contributed by atoms with Crippen molar-refractivity contribution in [2.24, 2.45) is 5.92 Å². The molecule has 0 aliphatic carbocycles. The number of hydrogen-bond donors (Lipinski definition) is 3. The maximum atomic E-state index is 12.4. The van der Waals surface area contributed by atoms with Gasteiger partial charge in [0, 0.05) is 12.8 Å². The standard InChI is InChI=1S/C41H71O9P/c1-4-38(42)32-28-24-20-16-12-7-5-6-8-13-17-21-25-29-33-40(43)48-35-39(36-49-51(45,46)47)50-41(44)34-30-26-22-18-14-10-9-11-15-19-23-27-31-37(2)3/h6-8,12,17,20-21,24,28,32,37-39,42H,4-5,9-11,13-16,18-19,22-23,25-27,29-31,33-36H2,1-3H3,(H2,45,46,47)/b8-6-,12-7-,21-17-,24-20-,32-28+/t38-,39+/m0/s1. The van der Waals surface area contributed by atoms with Gasteiger partial charge in [-0.15, -0.1) is 0 Å². The first-order valence-corrected chi connectivity index (χ1v) is 21.1. The number of esters is 2. The van der Waals surface area contributed by atoms with Crippen LogP contribution in [0.4, 0.5) is 0 Å². The quantitative estimate of drug-likeness (QED) is 0.0193. The van der Waals surface area contributed by atoms with E-state index in [9.17, 15) is 19.3 Å². The van der Waals surface area contributed by atoms with E-state index >= 15 is 0 Å². The minimum absolute atomic E-state index is 0.173. The minimum Gasteiger partial charge on any atom is -0.462 e. The molecule has 0 rings (SSSR count). The Hall–Kier alpha value is -2.29. The van der Waals surface area contributed by atoms with E-state index in [1.807, 2.05) is 37.3 Å². The Morgan fingerprint density at radius 1 is 0.647 bits per heavy atom. The van der Waals surface area contributed by atoms with Gasteiger partial charge in [-0.1, -0.05) is 159 Å². The average molecular weight is 739 g/mol. The summed E-state index contributed by atoms with van der Waals surface area (Å²) >= 11 is 0. The zero-order chi connectivity index (χ0) is 37.8. The molecule has 9 nitrogen and oxygen atoms in total. The van der Waals surface area contributed by atoms with Crippen LogP contribution in [-0.2, 0) is 28.2 Å². The molecule has 3 N–H and O–H groups in total. The normalized spacial score (nSPS) is 13.9. The van der Waals surface area contributed by atoms with Crippen molar-refractivity contribution in [3.63, 3.8) is 0 Å². The van der Waals surface area contributed by atoms with Gasteiger partial charge in [0.25, 0.3) is 0 Å². The van der Waals surface area contributed by atoms with Crippen LogP contribution < -0.4 is 0 Å². The second-order valence-electron chi connectivity index (χ2n) is 13.6. The van der Waals surface area contributed by atoms with E-state index in [2.05, 4.69) is 42.7 Å². The Kier molecular flexibility index (Phi) is 33.2. The molecule has 0 radical (unpaired) electrons. The highest BCUT2D eigenvalue weighted by Crippen LogP contribution is 2.36. The number of unbranched alkanes of at least 4 members (excludes halogenated alkanes) is 12. The first-order valence-electron chi connectivity index (χ1n) is 19.5. The molecule has 0 bridgehead atoms. The Morgan fingerprint density at radius 2 is 1.16 bits per heavy atom. The molecule has 294 valence electrons. The predicted molar refractivity (Wildman–Crippen MR) is 208 cm³/mol. The summed E-state index contributed by atoms with van der Waals surface area (Å²) in [6.45, 7) is 5.62. The van der Waals surface area contributed by atoms with Gasteiger partial charge in [-0.25, -0.2) is 4.57 Å². The maximum Gasteiger partial charge on any atom is 0.469 e. The van der Waals surface area contributed by atoms with Gasteiger partial charge in [-0.3, -0.25) is 14.1 Å². The third-order valence-electron chi connectivity index (χ3n) is 8.14. The van der Waals surface area contributed by atoms with E-state index < -0.39 is 32.5 Å². The van der Waals surface area contributed by atoms with Crippen molar-refractivity contribution in [1.29, 1.82) is 0 Å². The van der Waals surface area contributed by atoms with Gasteiger partial charge in [0.15, 0.2) is 6.10 Å². The number of carbonyl (C=O) groups excluding carboxylic acids is 2. The molecule has 0 aliphatic rings. The molecule has 0 amide bonds. The fourth-order valence-electron chi connectivity index (χ4n) is 5.07. The SMILES string of the molecule is CC[C@H](O)/C=C/C=C\C/C=C\C/C=C\C/C=C\CCCC(=O)OC[C@H](COP(=O)(O)O)OC(=O)CCCCCCCCCCCCCCC(C)C. The molecule has 0 aromatic carbocycles. The number of ether oxygens (including phenoxy) is 2. The number of aliphatic hydroxyl groups excluding tert-OH is 1. The van der Waals surface area contributed by atoms with Crippen LogP contribution in [0.25, 0.3) is 0 Å². The Labute approximate surface area is 309 Å². The molecule has 2 atom stereocenters. The van der Waals surface area contributed by atoms with Crippen molar-refractivity contribution < 1.29 is 43.0 Å². The molecule has 0 aromatic rings. The summed E-state index contributed by atoms with van der Waals surface area (Å²) in [7, 11) is -4.77. The van der Waals surface area contributed by atoms with Gasteiger partial charge < -0.3 is 24.4 Å². The van der Waals surface area contributed by atoms with Crippen LogP contribution in [0, 0.1) is 5.92 Å². The lowest BCUT2D eigenvalue weighted by molar-refractivity contribution is -0.161. The van der Waals surface area contributed by atoms with E-state index in [1.165, 1.54) is 57.8 Å². The molecule has 0 fully saturated rings.